The van der Waals surface area contributed by atoms with E-state index in [-0.39, 0.29) is 48.4 Å². The van der Waals surface area contributed by atoms with E-state index in [1.165, 1.54) is 6.07 Å². The smallest absolute Gasteiger partial charge is 0.236 e. The van der Waals surface area contributed by atoms with Gasteiger partial charge in [0, 0.05) is 36.3 Å². The van der Waals surface area contributed by atoms with Crippen molar-refractivity contribution in [2.24, 2.45) is 11.8 Å². The first-order valence-corrected chi connectivity index (χ1v) is 12.9. The predicted molar refractivity (Wildman–Crippen MR) is 118 cm³/mol. The number of amides is 1. The van der Waals surface area contributed by atoms with Crippen molar-refractivity contribution in [3.05, 3.63) is 34.6 Å². The van der Waals surface area contributed by atoms with E-state index < -0.39 is 9.84 Å². The standard InChI is InChI=1S/C22H32ClFN2O3S/c1-15-6-4-9-21(16(15)2)26(12-18-19(23)7-5-8-20(18)24)13-22(27)25(3)17-10-11-30(28,29)14-17/h5,7-8,15-17,21H,4,6,9-14H2,1-3H3. The first-order chi connectivity index (χ1) is 14.1. The van der Waals surface area contributed by atoms with E-state index >= 15 is 0 Å². The normalized spacial score (nSPS) is 28.6. The highest BCUT2D eigenvalue weighted by molar-refractivity contribution is 7.91. The molecule has 168 valence electrons. The summed E-state index contributed by atoms with van der Waals surface area (Å²) in [5, 5.41) is 0.360. The Bertz CT molecular complexity index is 859. The highest BCUT2D eigenvalue weighted by Crippen LogP contribution is 2.34. The zero-order valence-electron chi connectivity index (χ0n) is 18.0. The molecular formula is C22H32ClFN2O3S. The summed E-state index contributed by atoms with van der Waals surface area (Å²) < 4.78 is 38.2. The fraction of sp³-hybridized carbons (Fsp3) is 0.682. The Kier molecular flexibility index (Phi) is 7.46. The number of halogens is 2. The van der Waals surface area contributed by atoms with Gasteiger partial charge in [0.25, 0.3) is 0 Å². The van der Waals surface area contributed by atoms with E-state index in [1.54, 1.807) is 24.1 Å². The maximum atomic E-state index is 14.5. The number of hydrogen-bond donors (Lipinski definition) is 0. The fourth-order valence-electron chi connectivity index (χ4n) is 4.82. The summed E-state index contributed by atoms with van der Waals surface area (Å²) in [6.45, 7) is 4.81. The molecule has 4 unspecified atom stereocenters. The molecule has 2 fully saturated rings. The molecule has 30 heavy (non-hydrogen) atoms. The molecule has 1 aliphatic carbocycles. The average Bonchev–Trinajstić information content (AvgIpc) is 3.05. The summed E-state index contributed by atoms with van der Waals surface area (Å²) in [4.78, 5) is 16.7. The van der Waals surface area contributed by atoms with Crippen LogP contribution < -0.4 is 0 Å². The second kappa shape index (κ2) is 9.53. The molecule has 3 rings (SSSR count). The number of carbonyl (C=O) groups excluding carboxylic acids is 1. The van der Waals surface area contributed by atoms with Crippen LogP contribution in [0, 0.1) is 17.7 Å². The molecule has 0 spiro atoms. The van der Waals surface area contributed by atoms with Crippen molar-refractivity contribution in [2.45, 2.75) is 58.2 Å². The number of benzene rings is 1. The van der Waals surface area contributed by atoms with Gasteiger partial charge >= 0.3 is 0 Å². The molecule has 0 radical (unpaired) electrons. The maximum absolute atomic E-state index is 14.5. The number of sulfone groups is 1. The quantitative estimate of drug-likeness (QED) is 0.651. The highest BCUT2D eigenvalue weighted by Gasteiger charge is 2.36. The lowest BCUT2D eigenvalue weighted by Crippen LogP contribution is -2.50. The van der Waals surface area contributed by atoms with Gasteiger partial charge in [-0.1, -0.05) is 44.4 Å². The van der Waals surface area contributed by atoms with E-state index in [0.717, 1.165) is 19.3 Å². The molecule has 1 aromatic rings. The van der Waals surface area contributed by atoms with Crippen molar-refractivity contribution >= 4 is 27.3 Å². The van der Waals surface area contributed by atoms with E-state index in [1.807, 2.05) is 4.90 Å². The summed E-state index contributed by atoms with van der Waals surface area (Å²) in [7, 11) is -1.40. The van der Waals surface area contributed by atoms with Gasteiger partial charge in [-0.3, -0.25) is 9.69 Å². The zero-order chi connectivity index (χ0) is 22.1. The summed E-state index contributed by atoms with van der Waals surface area (Å²) in [6.07, 6.45) is 3.65. The molecule has 1 saturated heterocycles. The Balaban J connectivity index is 1.81. The van der Waals surface area contributed by atoms with Crippen LogP contribution in [0.25, 0.3) is 0 Å². The number of rotatable bonds is 6. The Morgan fingerprint density at radius 1 is 1.23 bits per heavy atom. The second-order valence-electron chi connectivity index (χ2n) is 9.00. The molecule has 1 saturated carbocycles. The van der Waals surface area contributed by atoms with Crippen LogP contribution in [-0.4, -0.2) is 61.3 Å². The number of likely N-dealkylation sites (N-methyl/N-ethyl adjacent to an activating group) is 1. The van der Waals surface area contributed by atoms with Crippen LogP contribution in [0.2, 0.25) is 5.02 Å². The van der Waals surface area contributed by atoms with E-state index in [0.29, 0.717) is 28.8 Å². The maximum Gasteiger partial charge on any atom is 0.236 e. The van der Waals surface area contributed by atoms with Crippen molar-refractivity contribution in [3.63, 3.8) is 0 Å². The van der Waals surface area contributed by atoms with E-state index in [4.69, 9.17) is 11.6 Å². The van der Waals surface area contributed by atoms with Crippen LogP contribution >= 0.6 is 11.6 Å². The Morgan fingerprint density at radius 2 is 1.97 bits per heavy atom. The second-order valence-corrected chi connectivity index (χ2v) is 11.6. The lowest BCUT2D eigenvalue weighted by Gasteiger charge is -2.42. The summed E-state index contributed by atoms with van der Waals surface area (Å²) in [6, 6.07) is 4.50. The molecule has 1 aromatic carbocycles. The van der Waals surface area contributed by atoms with Gasteiger partial charge in [0.2, 0.25) is 5.91 Å². The first kappa shape index (κ1) is 23.5. The highest BCUT2D eigenvalue weighted by atomic mass is 35.5. The molecule has 0 bridgehead atoms. The fourth-order valence-corrected chi connectivity index (χ4v) is 6.81. The van der Waals surface area contributed by atoms with Crippen molar-refractivity contribution in [1.82, 2.24) is 9.80 Å². The molecule has 0 aromatic heterocycles. The minimum absolute atomic E-state index is 0.0191. The van der Waals surface area contributed by atoms with Crippen molar-refractivity contribution in [3.8, 4) is 0 Å². The third-order valence-corrected chi connectivity index (χ3v) is 9.15. The third-order valence-electron chi connectivity index (χ3n) is 7.04. The van der Waals surface area contributed by atoms with E-state index in [9.17, 15) is 17.6 Å². The Labute approximate surface area is 184 Å². The molecule has 1 heterocycles. The van der Waals surface area contributed by atoms with Crippen LogP contribution in [-0.2, 0) is 21.2 Å². The minimum atomic E-state index is -3.07. The number of carbonyl (C=O) groups is 1. The zero-order valence-corrected chi connectivity index (χ0v) is 19.6. The summed E-state index contributed by atoms with van der Waals surface area (Å²) in [5.41, 5.74) is 0.406. The Hall–Kier alpha value is -1.18. The monoisotopic (exact) mass is 458 g/mol. The van der Waals surface area contributed by atoms with Gasteiger partial charge < -0.3 is 4.90 Å². The molecule has 1 aliphatic heterocycles. The molecule has 2 aliphatic rings. The van der Waals surface area contributed by atoms with Gasteiger partial charge in [0.1, 0.15) is 5.82 Å². The van der Waals surface area contributed by atoms with Gasteiger partial charge in [-0.2, -0.15) is 0 Å². The van der Waals surface area contributed by atoms with Crippen LogP contribution in [0.1, 0.15) is 45.1 Å². The molecule has 1 amide bonds. The van der Waals surface area contributed by atoms with Crippen molar-refractivity contribution in [1.29, 1.82) is 0 Å². The molecule has 5 nitrogen and oxygen atoms in total. The molecule has 0 N–H and O–H groups in total. The van der Waals surface area contributed by atoms with Gasteiger partial charge in [-0.05, 0) is 36.8 Å². The topological polar surface area (TPSA) is 57.7 Å². The van der Waals surface area contributed by atoms with Gasteiger partial charge in [0.05, 0.1) is 18.1 Å². The number of nitrogens with zero attached hydrogens (tertiary/aromatic N) is 2. The van der Waals surface area contributed by atoms with Gasteiger partial charge in [-0.15, -0.1) is 0 Å². The van der Waals surface area contributed by atoms with Gasteiger partial charge in [-0.25, -0.2) is 12.8 Å². The average molecular weight is 459 g/mol. The van der Waals surface area contributed by atoms with Crippen molar-refractivity contribution < 1.29 is 17.6 Å². The lowest BCUT2D eigenvalue weighted by atomic mass is 9.77. The van der Waals surface area contributed by atoms with Crippen molar-refractivity contribution in [2.75, 3.05) is 25.1 Å². The van der Waals surface area contributed by atoms with Crippen LogP contribution in [0.5, 0.6) is 0 Å². The molecule has 8 heteroatoms. The number of hydrogen-bond acceptors (Lipinski definition) is 4. The van der Waals surface area contributed by atoms with Crippen LogP contribution in [0.4, 0.5) is 4.39 Å². The third kappa shape index (κ3) is 5.35. The van der Waals surface area contributed by atoms with E-state index in [2.05, 4.69) is 13.8 Å². The first-order valence-electron chi connectivity index (χ1n) is 10.7. The molecule has 4 atom stereocenters. The summed E-state index contributed by atoms with van der Waals surface area (Å²) >= 11 is 6.28. The van der Waals surface area contributed by atoms with Crippen LogP contribution in [0.3, 0.4) is 0 Å². The largest absolute Gasteiger partial charge is 0.341 e. The van der Waals surface area contributed by atoms with Gasteiger partial charge in [0.15, 0.2) is 9.84 Å². The summed E-state index contributed by atoms with van der Waals surface area (Å²) in [5.74, 6) is 0.540. The molecular weight excluding hydrogens is 427 g/mol. The SMILES string of the molecule is CC1CCCC(N(CC(=O)N(C)C2CCS(=O)(=O)C2)Cc2c(F)cccc2Cl)C1C. The lowest BCUT2D eigenvalue weighted by molar-refractivity contribution is -0.134. The minimum Gasteiger partial charge on any atom is -0.341 e. The predicted octanol–water partition coefficient (Wildman–Crippen LogP) is 3.75. The Morgan fingerprint density at radius 3 is 2.60 bits per heavy atom. The van der Waals surface area contributed by atoms with Crippen LogP contribution in [0.15, 0.2) is 18.2 Å².